The van der Waals surface area contributed by atoms with E-state index in [0.717, 1.165) is 0 Å². The Morgan fingerprint density at radius 3 is 2.68 bits per heavy atom. The second kappa shape index (κ2) is 6.41. The summed E-state index contributed by atoms with van der Waals surface area (Å²) in [7, 11) is 1.25. The molecule has 1 aromatic carbocycles. The Bertz CT molecular complexity index is 523. The molecule has 0 aliphatic rings. The van der Waals surface area contributed by atoms with E-state index in [9.17, 15) is 9.90 Å². The van der Waals surface area contributed by atoms with Gasteiger partial charge in [-0.15, -0.1) is 0 Å². The number of anilines is 1. The van der Waals surface area contributed by atoms with Crippen LogP contribution in [0.1, 0.15) is 18.1 Å². The Balaban J connectivity index is 3.08. The second-order valence-corrected chi connectivity index (χ2v) is 4.48. The highest BCUT2D eigenvalue weighted by molar-refractivity contribution is 6.32. The number of halogens is 1. The number of esters is 1. The van der Waals surface area contributed by atoms with Gasteiger partial charge in [0.15, 0.2) is 6.04 Å². The molecule has 0 spiro atoms. The summed E-state index contributed by atoms with van der Waals surface area (Å²) in [6.07, 6.45) is -0.929. The fourth-order valence-electron chi connectivity index (χ4n) is 1.60. The maximum Gasteiger partial charge on any atom is 0.330 e. The van der Waals surface area contributed by atoms with Crippen LogP contribution >= 0.6 is 11.6 Å². The maximum absolute atomic E-state index is 11.5. The molecule has 1 aromatic rings. The maximum atomic E-state index is 11.5. The third kappa shape index (κ3) is 3.37. The van der Waals surface area contributed by atoms with Gasteiger partial charge < -0.3 is 15.2 Å². The van der Waals surface area contributed by atoms with E-state index in [1.165, 1.54) is 14.0 Å². The highest BCUT2D eigenvalue weighted by atomic mass is 35.5. The summed E-state index contributed by atoms with van der Waals surface area (Å²) < 4.78 is 4.61. The van der Waals surface area contributed by atoms with Gasteiger partial charge in [0.1, 0.15) is 6.07 Å². The quantitative estimate of drug-likeness (QED) is 0.824. The first-order chi connectivity index (χ1) is 8.92. The molecule has 0 fully saturated rings. The summed E-state index contributed by atoms with van der Waals surface area (Å²) >= 11 is 6.03. The van der Waals surface area contributed by atoms with Crippen molar-refractivity contribution in [1.29, 1.82) is 5.26 Å². The van der Waals surface area contributed by atoms with Gasteiger partial charge in [0.25, 0.3) is 0 Å². The summed E-state index contributed by atoms with van der Waals surface area (Å²) in [4.78, 5) is 11.5. The number of rotatable bonds is 4. The number of hydrogen-bond acceptors (Lipinski definition) is 5. The smallest absolute Gasteiger partial charge is 0.330 e. The summed E-state index contributed by atoms with van der Waals surface area (Å²) in [5.74, 6) is -0.574. The molecule has 0 saturated heterocycles. The molecule has 0 heterocycles. The molecule has 1 rings (SSSR count). The van der Waals surface area contributed by atoms with E-state index in [2.05, 4.69) is 10.1 Å². The zero-order valence-corrected chi connectivity index (χ0v) is 11.7. The van der Waals surface area contributed by atoms with Crippen LogP contribution in [0.4, 0.5) is 5.69 Å². The number of aliphatic hydroxyl groups is 1. The minimum absolute atomic E-state index is 0.321. The molecule has 0 aromatic heterocycles. The molecule has 0 radical (unpaired) electrons. The lowest BCUT2D eigenvalue weighted by atomic mass is 10.1. The molecule has 0 bridgehead atoms. The fraction of sp³-hybridized carbons (Fsp3) is 0.385. The second-order valence-electron chi connectivity index (χ2n) is 4.10. The predicted octanol–water partition coefficient (Wildman–Crippen LogP) is 1.85. The minimum Gasteiger partial charge on any atom is -0.467 e. The number of ether oxygens (including phenoxy) is 1. The van der Waals surface area contributed by atoms with Gasteiger partial charge in [-0.3, -0.25) is 0 Å². The lowest BCUT2D eigenvalue weighted by Gasteiger charge is -2.21. The van der Waals surface area contributed by atoms with Crippen LogP contribution in [0, 0.1) is 18.3 Å². The van der Waals surface area contributed by atoms with Crippen LogP contribution in [0.25, 0.3) is 0 Å². The molecular formula is C13H15ClN2O3. The number of nitrogens with one attached hydrogen (secondary N) is 1. The standard InChI is InChI=1S/C13H15ClN2O3/c1-7-10(5-4-9(6-15)11(7)14)16-12(8(2)17)13(18)19-3/h4-5,8,12,16-17H,1-3H3. The van der Waals surface area contributed by atoms with Crippen LogP contribution in [0.15, 0.2) is 12.1 Å². The first-order valence-electron chi connectivity index (χ1n) is 5.64. The first kappa shape index (κ1) is 15.3. The Labute approximate surface area is 116 Å². The molecule has 6 heteroatoms. The van der Waals surface area contributed by atoms with Crippen LogP contribution in [0.3, 0.4) is 0 Å². The van der Waals surface area contributed by atoms with Gasteiger partial charge in [-0.25, -0.2) is 4.79 Å². The van der Waals surface area contributed by atoms with Gasteiger partial charge in [-0.05, 0) is 31.5 Å². The molecule has 19 heavy (non-hydrogen) atoms. The van der Waals surface area contributed by atoms with Crippen LogP contribution < -0.4 is 5.32 Å². The van der Waals surface area contributed by atoms with Gasteiger partial charge in [-0.1, -0.05) is 11.6 Å². The van der Waals surface area contributed by atoms with Crippen molar-refractivity contribution in [3.63, 3.8) is 0 Å². The van der Waals surface area contributed by atoms with Gasteiger partial charge in [0.2, 0.25) is 0 Å². The molecule has 0 aliphatic heterocycles. The monoisotopic (exact) mass is 282 g/mol. The average molecular weight is 283 g/mol. The predicted molar refractivity (Wildman–Crippen MR) is 72.0 cm³/mol. The van der Waals surface area contributed by atoms with E-state index in [1.54, 1.807) is 19.1 Å². The highest BCUT2D eigenvalue weighted by Gasteiger charge is 2.25. The minimum atomic E-state index is -0.929. The summed E-state index contributed by atoms with van der Waals surface area (Å²) in [5.41, 5.74) is 1.56. The number of nitriles is 1. The molecule has 2 unspecified atom stereocenters. The van der Waals surface area contributed by atoms with Crippen LogP contribution in [-0.4, -0.2) is 30.3 Å². The number of benzene rings is 1. The Kier molecular flexibility index (Phi) is 5.16. The average Bonchev–Trinajstić information content (AvgIpc) is 2.39. The van der Waals surface area contributed by atoms with Crippen molar-refractivity contribution in [3.8, 4) is 6.07 Å². The fourth-order valence-corrected chi connectivity index (χ4v) is 1.81. The van der Waals surface area contributed by atoms with Gasteiger partial charge in [0.05, 0.1) is 23.8 Å². The zero-order valence-electron chi connectivity index (χ0n) is 10.9. The largest absolute Gasteiger partial charge is 0.467 e. The number of hydrogen-bond donors (Lipinski definition) is 2. The Morgan fingerprint density at radius 2 is 2.21 bits per heavy atom. The van der Waals surface area contributed by atoms with E-state index in [1.807, 2.05) is 6.07 Å². The number of nitrogens with zero attached hydrogens (tertiary/aromatic N) is 1. The van der Waals surface area contributed by atoms with Crippen LogP contribution in [0.2, 0.25) is 5.02 Å². The van der Waals surface area contributed by atoms with Crippen molar-refractivity contribution in [2.45, 2.75) is 26.0 Å². The third-order valence-electron chi connectivity index (χ3n) is 2.76. The van der Waals surface area contributed by atoms with E-state index in [-0.39, 0.29) is 0 Å². The van der Waals surface area contributed by atoms with Crippen molar-refractivity contribution in [3.05, 3.63) is 28.3 Å². The number of aliphatic hydroxyl groups excluding tert-OH is 1. The topological polar surface area (TPSA) is 82.3 Å². The van der Waals surface area contributed by atoms with Crippen molar-refractivity contribution in [2.75, 3.05) is 12.4 Å². The lowest BCUT2D eigenvalue weighted by Crippen LogP contribution is -2.40. The summed E-state index contributed by atoms with van der Waals surface area (Å²) in [6, 6.07) is 4.26. The molecule has 5 nitrogen and oxygen atoms in total. The number of carbonyl (C=O) groups excluding carboxylic acids is 1. The molecule has 102 valence electrons. The Morgan fingerprint density at radius 1 is 1.58 bits per heavy atom. The van der Waals surface area contributed by atoms with Crippen LogP contribution in [-0.2, 0) is 9.53 Å². The normalized spacial score (nSPS) is 13.3. The number of carbonyl (C=O) groups is 1. The molecule has 0 amide bonds. The SMILES string of the molecule is COC(=O)C(Nc1ccc(C#N)c(Cl)c1C)C(C)O. The van der Waals surface area contributed by atoms with Gasteiger partial charge >= 0.3 is 5.97 Å². The third-order valence-corrected chi connectivity index (χ3v) is 3.24. The molecule has 2 atom stereocenters. The van der Waals surface area contributed by atoms with E-state index < -0.39 is 18.1 Å². The molecular weight excluding hydrogens is 268 g/mol. The highest BCUT2D eigenvalue weighted by Crippen LogP contribution is 2.27. The zero-order chi connectivity index (χ0) is 14.6. The van der Waals surface area contributed by atoms with E-state index in [0.29, 0.717) is 21.8 Å². The summed E-state index contributed by atoms with van der Waals surface area (Å²) in [5, 5.41) is 21.6. The van der Waals surface area contributed by atoms with Crippen molar-refractivity contribution in [2.24, 2.45) is 0 Å². The van der Waals surface area contributed by atoms with E-state index >= 15 is 0 Å². The molecule has 0 aliphatic carbocycles. The lowest BCUT2D eigenvalue weighted by molar-refractivity contribution is -0.143. The van der Waals surface area contributed by atoms with Crippen molar-refractivity contribution >= 4 is 23.3 Å². The number of methoxy groups -OCH3 is 1. The molecule has 2 N–H and O–H groups in total. The van der Waals surface area contributed by atoms with E-state index in [4.69, 9.17) is 16.9 Å². The van der Waals surface area contributed by atoms with Gasteiger partial charge in [-0.2, -0.15) is 5.26 Å². The van der Waals surface area contributed by atoms with Gasteiger partial charge in [0, 0.05) is 5.69 Å². The Hall–Kier alpha value is -1.77. The summed E-state index contributed by atoms with van der Waals surface area (Å²) in [6.45, 7) is 3.21. The molecule has 0 saturated carbocycles. The first-order valence-corrected chi connectivity index (χ1v) is 6.01. The van der Waals surface area contributed by atoms with Crippen molar-refractivity contribution in [1.82, 2.24) is 0 Å². The van der Waals surface area contributed by atoms with Crippen molar-refractivity contribution < 1.29 is 14.6 Å². The van der Waals surface area contributed by atoms with Crippen LogP contribution in [0.5, 0.6) is 0 Å².